The van der Waals surface area contributed by atoms with E-state index in [0.29, 0.717) is 48.6 Å². The van der Waals surface area contributed by atoms with Gasteiger partial charge in [0.25, 0.3) is 5.91 Å². The van der Waals surface area contributed by atoms with Crippen molar-refractivity contribution in [3.05, 3.63) is 53.1 Å². The zero-order valence-electron chi connectivity index (χ0n) is 17.4. The normalized spacial score (nSPS) is 22.3. The highest BCUT2D eigenvalue weighted by atomic mass is 16.5. The summed E-state index contributed by atoms with van der Waals surface area (Å²) in [7, 11) is 1.56. The molecule has 1 N–H and O–H groups in total. The standard InChI is InChI=1S/C24H24N2O5/c1-30-17-6-8-21-18(12-17)20(27)13-24(31-21)9-10-26(14-24)23(29)16-5-7-19-15(11-16)3-2-4-22(28)25-19/h5-8,11-12H,2-4,9-10,13-14H2,1H3,(H,25,28). The topological polar surface area (TPSA) is 84.9 Å². The van der Waals surface area contributed by atoms with E-state index in [-0.39, 0.29) is 24.0 Å². The van der Waals surface area contributed by atoms with Crippen LogP contribution in [0.3, 0.4) is 0 Å². The number of ether oxygens (including phenoxy) is 2. The van der Waals surface area contributed by atoms with Crippen molar-refractivity contribution < 1.29 is 23.9 Å². The van der Waals surface area contributed by atoms with Gasteiger partial charge in [0.05, 0.1) is 25.6 Å². The number of ketones is 1. The van der Waals surface area contributed by atoms with Gasteiger partial charge in [0, 0.05) is 30.6 Å². The number of hydrogen-bond donors (Lipinski definition) is 1. The minimum absolute atomic E-state index is 0.00946. The Morgan fingerprint density at radius 2 is 2.03 bits per heavy atom. The minimum Gasteiger partial charge on any atom is -0.497 e. The number of hydrogen-bond acceptors (Lipinski definition) is 5. The van der Waals surface area contributed by atoms with E-state index in [1.54, 1.807) is 36.3 Å². The largest absolute Gasteiger partial charge is 0.497 e. The van der Waals surface area contributed by atoms with Gasteiger partial charge in [-0.2, -0.15) is 0 Å². The van der Waals surface area contributed by atoms with Crippen LogP contribution in [0.1, 0.15) is 52.0 Å². The van der Waals surface area contributed by atoms with Crippen LogP contribution in [0.2, 0.25) is 0 Å². The van der Waals surface area contributed by atoms with E-state index in [1.807, 2.05) is 12.1 Å². The Kier molecular flexibility index (Phi) is 4.68. The summed E-state index contributed by atoms with van der Waals surface area (Å²) < 4.78 is 11.5. The average Bonchev–Trinajstić information content (AvgIpc) is 3.06. The van der Waals surface area contributed by atoms with Crippen molar-refractivity contribution in [2.45, 2.75) is 37.7 Å². The first-order valence-electron chi connectivity index (χ1n) is 10.6. The Hall–Kier alpha value is -3.35. The van der Waals surface area contributed by atoms with E-state index in [1.165, 1.54) is 0 Å². The van der Waals surface area contributed by atoms with Crippen molar-refractivity contribution in [2.75, 3.05) is 25.5 Å². The minimum atomic E-state index is -0.687. The van der Waals surface area contributed by atoms with Crippen molar-refractivity contribution in [2.24, 2.45) is 0 Å². The third kappa shape index (κ3) is 3.54. The molecule has 3 aliphatic heterocycles. The van der Waals surface area contributed by atoms with E-state index in [4.69, 9.17) is 9.47 Å². The molecule has 3 heterocycles. The Labute approximate surface area is 180 Å². The Morgan fingerprint density at radius 3 is 2.87 bits per heavy atom. The molecule has 2 amide bonds. The molecule has 2 aromatic carbocycles. The van der Waals surface area contributed by atoms with Crippen LogP contribution >= 0.6 is 0 Å². The second-order valence-corrected chi connectivity index (χ2v) is 8.50. The molecule has 1 fully saturated rings. The summed E-state index contributed by atoms with van der Waals surface area (Å²) in [6, 6.07) is 10.7. The van der Waals surface area contributed by atoms with Crippen molar-refractivity contribution in [1.82, 2.24) is 4.90 Å². The Bertz CT molecular complexity index is 1100. The molecule has 1 unspecified atom stereocenters. The molecule has 5 rings (SSSR count). The highest BCUT2D eigenvalue weighted by Gasteiger charge is 2.47. The molecule has 0 aliphatic carbocycles. The smallest absolute Gasteiger partial charge is 0.254 e. The second-order valence-electron chi connectivity index (χ2n) is 8.50. The number of rotatable bonds is 2. The molecule has 0 saturated carbocycles. The maximum atomic E-state index is 13.2. The number of Topliss-reactive ketones (excluding diaryl/α,β-unsaturated/α-hetero) is 1. The van der Waals surface area contributed by atoms with Gasteiger partial charge in [-0.15, -0.1) is 0 Å². The average molecular weight is 420 g/mol. The number of methoxy groups -OCH3 is 1. The Balaban J connectivity index is 1.35. The molecule has 1 atom stereocenters. The van der Waals surface area contributed by atoms with Gasteiger partial charge >= 0.3 is 0 Å². The third-order valence-corrected chi connectivity index (χ3v) is 6.38. The molecular formula is C24H24N2O5. The van der Waals surface area contributed by atoms with Crippen molar-refractivity contribution in [3.63, 3.8) is 0 Å². The van der Waals surface area contributed by atoms with Gasteiger partial charge in [0.15, 0.2) is 5.78 Å². The fourth-order valence-electron chi connectivity index (χ4n) is 4.74. The number of likely N-dealkylation sites (tertiary alicyclic amines) is 1. The van der Waals surface area contributed by atoms with Crippen LogP contribution in [0.25, 0.3) is 0 Å². The van der Waals surface area contributed by atoms with Gasteiger partial charge < -0.3 is 19.7 Å². The molecule has 31 heavy (non-hydrogen) atoms. The van der Waals surface area contributed by atoms with Gasteiger partial charge in [-0.3, -0.25) is 14.4 Å². The van der Waals surface area contributed by atoms with E-state index in [0.717, 1.165) is 24.1 Å². The number of amides is 2. The third-order valence-electron chi connectivity index (χ3n) is 6.38. The van der Waals surface area contributed by atoms with Crippen LogP contribution < -0.4 is 14.8 Å². The van der Waals surface area contributed by atoms with Crippen LogP contribution in [0, 0.1) is 0 Å². The Morgan fingerprint density at radius 1 is 1.16 bits per heavy atom. The summed E-state index contributed by atoms with van der Waals surface area (Å²) in [5, 5.41) is 2.90. The van der Waals surface area contributed by atoms with E-state index < -0.39 is 5.60 Å². The molecule has 7 heteroatoms. The first-order chi connectivity index (χ1) is 15.0. The number of nitrogens with zero attached hydrogens (tertiary/aromatic N) is 1. The van der Waals surface area contributed by atoms with Gasteiger partial charge in [-0.05, 0) is 54.8 Å². The summed E-state index contributed by atoms with van der Waals surface area (Å²) in [6.07, 6.45) is 2.87. The van der Waals surface area contributed by atoms with Gasteiger partial charge in [0.1, 0.15) is 17.1 Å². The SMILES string of the molecule is COc1ccc2c(c1)C(=O)CC1(CCN(C(=O)c3ccc4c(c3)CCCC(=O)N4)C1)O2. The molecular weight excluding hydrogens is 396 g/mol. The first-order valence-corrected chi connectivity index (χ1v) is 10.6. The highest BCUT2D eigenvalue weighted by molar-refractivity contribution is 6.01. The highest BCUT2D eigenvalue weighted by Crippen LogP contribution is 2.40. The van der Waals surface area contributed by atoms with Crippen molar-refractivity contribution >= 4 is 23.3 Å². The van der Waals surface area contributed by atoms with Crippen molar-refractivity contribution in [1.29, 1.82) is 0 Å². The van der Waals surface area contributed by atoms with E-state index in [9.17, 15) is 14.4 Å². The van der Waals surface area contributed by atoms with E-state index in [2.05, 4.69) is 5.32 Å². The van der Waals surface area contributed by atoms with Crippen molar-refractivity contribution in [3.8, 4) is 11.5 Å². The zero-order valence-corrected chi connectivity index (χ0v) is 17.4. The van der Waals surface area contributed by atoms with Crippen LogP contribution in [0.15, 0.2) is 36.4 Å². The zero-order chi connectivity index (χ0) is 21.6. The monoisotopic (exact) mass is 420 g/mol. The maximum Gasteiger partial charge on any atom is 0.254 e. The molecule has 2 aromatic rings. The maximum absolute atomic E-state index is 13.2. The predicted octanol–water partition coefficient (Wildman–Crippen LogP) is 3.22. The number of anilines is 1. The number of benzene rings is 2. The predicted molar refractivity (Wildman–Crippen MR) is 114 cm³/mol. The number of fused-ring (bicyclic) bond motifs is 2. The molecule has 160 valence electrons. The van der Waals surface area contributed by atoms with Crippen LogP contribution in [-0.4, -0.2) is 48.3 Å². The van der Waals surface area contributed by atoms with Gasteiger partial charge in [-0.1, -0.05) is 0 Å². The van der Waals surface area contributed by atoms with Gasteiger partial charge in [0.2, 0.25) is 5.91 Å². The molecule has 3 aliphatic rings. The summed E-state index contributed by atoms with van der Waals surface area (Å²) in [5.74, 6) is 1.11. The summed E-state index contributed by atoms with van der Waals surface area (Å²) in [6.45, 7) is 0.905. The number of aryl methyl sites for hydroxylation is 1. The molecule has 1 spiro atoms. The van der Waals surface area contributed by atoms with Crippen LogP contribution in [0.5, 0.6) is 11.5 Å². The number of carbonyl (C=O) groups is 3. The quantitative estimate of drug-likeness (QED) is 0.806. The number of carbonyl (C=O) groups excluding carboxylic acids is 3. The lowest BCUT2D eigenvalue weighted by Crippen LogP contribution is -2.45. The number of nitrogens with one attached hydrogen (secondary N) is 1. The molecule has 0 bridgehead atoms. The first kappa shape index (κ1) is 19.6. The summed E-state index contributed by atoms with van der Waals surface area (Å²) in [4.78, 5) is 39.5. The lowest BCUT2D eigenvalue weighted by molar-refractivity contribution is -0.116. The second kappa shape index (κ2) is 7.41. The lowest BCUT2D eigenvalue weighted by atomic mass is 9.89. The molecule has 0 radical (unpaired) electrons. The molecule has 1 saturated heterocycles. The molecule has 7 nitrogen and oxygen atoms in total. The summed E-state index contributed by atoms with van der Waals surface area (Å²) >= 11 is 0. The van der Waals surface area contributed by atoms with Crippen LogP contribution in [0.4, 0.5) is 5.69 Å². The summed E-state index contributed by atoms with van der Waals surface area (Å²) in [5.41, 5.74) is 2.21. The van der Waals surface area contributed by atoms with E-state index >= 15 is 0 Å². The fraction of sp³-hybridized carbons (Fsp3) is 0.375. The molecule has 0 aromatic heterocycles. The fourth-order valence-corrected chi connectivity index (χ4v) is 4.74. The van der Waals surface area contributed by atoms with Crippen LogP contribution in [-0.2, 0) is 11.2 Å². The lowest BCUT2D eigenvalue weighted by Gasteiger charge is -2.34. The van der Waals surface area contributed by atoms with Gasteiger partial charge in [-0.25, -0.2) is 0 Å².